The number of halogens is 1. The van der Waals surface area contributed by atoms with Crippen molar-refractivity contribution in [3.8, 4) is 5.75 Å². The van der Waals surface area contributed by atoms with Gasteiger partial charge in [0.15, 0.2) is 11.6 Å². The molecule has 0 N–H and O–H groups in total. The van der Waals surface area contributed by atoms with Crippen molar-refractivity contribution in [1.82, 2.24) is 9.21 Å². The molecule has 0 aliphatic carbocycles. The van der Waals surface area contributed by atoms with Crippen LogP contribution in [0.5, 0.6) is 5.75 Å². The quantitative estimate of drug-likeness (QED) is 0.799. The molecule has 0 unspecified atom stereocenters. The number of benzene rings is 1. The van der Waals surface area contributed by atoms with Crippen LogP contribution in [-0.4, -0.2) is 61.7 Å². The Bertz CT molecular complexity index is 667. The van der Waals surface area contributed by atoms with E-state index in [9.17, 15) is 12.8 Å². The van der Waals surface area contributed by atoms with Gasteiger partial charge in [0, 0.05) is 32.2 Å². The van der Waals surface area contributed by atoms with Crippen LogP contribution in [0.25, 0.3) is 0 Å². The summed E-state index contributed by atoms with van der Waals surface area (Å²) in [5.41, 5.74) is 0. The van der Waals surface area contributed by atoms with Crippen molar-refractivity contribution in [2.24, 2.45) is 0 Å². The summed E-state index contributed by atoms with van der Waals surface area (Å²) in [6.07, 6.45) is 3.58. The molecular formula is C18H27FN2O3S. The minimum absolute atomic E-state index is 0.0497. The Balaban J connectivity index is 1.46. The van der Waals surface area contributed by atoms with E-state index in [1.807, 2.05) is 0 Å². The third kappa shape index (κ3) is 4.51. The van der Waals surface area contributed by atoms with Gasteiger partial charge in [0.2, 0.25) is 10.0 Å². The van der Waals surface area contributed by atoms with E-state index >= 15 is 0 Å². The number of piperidine rings is 2. The van der Waals surface area contributed by atoms with Gasteiger partial charge in [0.05, 0.1) is 5.75 Å². The highest BCUT2D eigenvalue weighted by Gasteiger charge is 2.32. The van der Waals surface area contributed by atoms with Crippen molar-refractivity contribution in [2.45, 2.75) is 44.8 Å². The van der Waals surface area contributed by atoms with Crippen molar-refractivity contribution >= 4 is 10.0 Å². The summed E-state index contributed by atoms with van der Waals surface area (Å²) >= 11 is 0. The summed E-state index contributed by atoms with van der Waals surface area (Å²) in [5.74, 6) is 0.199. The van der Waals surface area contributed by atoms with Gasteiger partial charge in [-0.05, 0) is 44.7 Å². The first-order chi connectivity index (χ1) is 12.0. The highest BCUT2D eigenvalue weighted by Crippen LogP contribution is 2.25. The Hall–Kier alpha value is -1.18. The summed E-state index contributed by atoms with van der Waals surface area (Å²) in [7, 11) is -3.06. The van der Waals surface area contributed by atoms with Crippen molar-refractivity contribution in [1.29, 1.82) is 0 Å². The van der Waals surface area contributed by atoms with Crippen LogP contribution in [0.1, 0.15) is 32.6 Å². The van der Waals surface area contributed by atoms with Crippen LogP contribution in [0.15, 0.2) is 24.3 Å². The van der Waals surface area contributed by atoms with Crippen LogP contribution < -0.4 is 4.74 Å². The minimum Gasteiger partial charge on any atom is -0.487 e. The number of ether oxygens (including phenoxy) is 1. The zero-order chi connectivity index (χ0) is 17.9. The molecule has 25 heavy (non-hydrogen) atoms. The second-order valence-electron chi connectivity index (χ2n) is 6.81. The lowest BCUT2D eigenvalue weighted by Crippen LogP contribution is -2.50. The molecular weight excluding hydrogens is 343 g/mol. The Labute approximate surface area is 149 Å². The molecule has 0 radical (unpaired) electrons. The van der Waals surface area contributed by atoms with Crippen LogP contribution in [0.3, 0.4) is 0 Å². The monoisotopic (exact) mass is 370 g/mol. The first kappa shape index (κ1) is 18.6. The van der Waals surface area contributed by atoms with Gasteiger partial charge in [-0.15, -0.1) is 0 Å². The number of nitrogens with zero attached hydrogens (tertiary/aromatic N) is 2. The lowest BCUT2D eigenvalue weighted by atomic mass is 10.00. The van der Waals surface area contributed by atoms with E-state index in [1.165, 1.54) is 6.07 Å². The maximum absolute atomic E-state index is 13.7. The van der Waals surface area contributed by atoms with E-state index in [0.29, 0.717) is 24.9 Å². The average Bonchev–Trinajstić information content (AvgIpc) is 2.64. The summed E-state index contributed by atoms with van der Waals surface area (Å²) < 4.78 is 45.0. The van der Waals surface area contributed by atoms with Crippen LogP contribution in [0.4, 0.5) is 4.39 Å². The predicted octanol–water partition coefficient (Wildman–Crippen LogP) is 2.48. The van der Waals surface area contributed by atoms with E-state index in [4.69, 9.17) is 4.74 Å². The number of para-hydroxylation sites is 1. The van der Waals surface area contributed by atoms with Crippen LogP contribution in [0, 0.1) is 5.82 Å². The molecule has 2 heterocycles. The fourth-order valence-corrected chi connectivity index (χ4v) is 4.88. The molecule has 0 atom stereocenters. The zero-order valence-electron chi connectivity index (χ0n) is 14.7. The Morgan fingerprint density at radius 2 is 1.72 bits per heavy atom. The lowest BCUT2D eigenvalue weighted by Gasteiger charge is -2.41. The normalized spacial score (nSPS) is 22.2. The molecule has 2 saturated heterocycles. The molecule has 5 nitrogen and oxygen atoms in total. The third-order valence-electron chi connectivity index (χ3n) is 5.30. The molecule has 2 fully saturated rings. The summed E-state index contributed by atoms with van der Waals surface area (Å²) in [4.78, 5) is 2.44. The molecule has 0 amide bonds. The second-order valence-corrected chi connectivity index (χ2v) is 9.07. The smallest absolute Gasteiger partial charge is 0.213 e. The van der Waals surface area contributed by atoms with Gasteiger partial charge >= 0.3 is 0 Å². The van der Waals surface area contributed by atoms with Gasteiger partial charge in [-0.3, -0.25) is 0 Å². The lowest BCUT2D eigenvalue weighted by molar-refractivity contribution is 0.0568. The fourth-order valence-electron chi connectivity index (χ4n) is 3.75. The molecule has 0 bridgehead atoms. The molecule has 3 rings (SSSR count). The highest BCUT2D eigenvalue weighted by molar-refractivity contribution is 7.89. The van der Waals surface area contributed by atoms with Crippen molar-refractivity contribution in [3.05, 3.63) is 30.1 Å². The number of rotatable bonds is 5. The van der Waals surface area contributed by atoms with E-state index in [0.717, 1.165) is 38.8 Å². The topological polar surface area (TPSA) is 49.9 Å². The molecule has 0 spiro atoms. The molecule has 1 aromatic carbocycles. The van der Waals surface area contributed by atoms with E-state index < -0.39 is 10.0 Å². The summed E-state index contributed by atoms with van der Waals surface area (Å²) in [6, 6.07) is 6.98. The first-order valence-electron chi connectivity index (χ1n) is 9.12. The van der Waals surface area contributed by atoms with Crippen molar-refractivity contribution < 1.29 is 17.5 Å². The number of sulfonamides is 1. The van der Waals surface area contributed by atoms with E-state index in [1.54, 1.807) is 29.4 Å². The molecule has 1 aromatic rings. The largest absolute Gasteiger partial charge is 0.487 e. The maximum atomic E-state index is 13.7. The maximum Gasteiger partial charge on any atom is 0.213 e. The molecule has 2 aliphatic heterocycles. The number of hydrogen-bond acceptors (Lipinski definition) is 4. The Morgan fingerprint density at radius 3 is 2.32 bits per heavy atom. The fraction of sp³-hybridized carbons (Fsp3) is 0.667. The van der Waals surface area contributed by atoms with Gasteiger partial charge in [-0.25, -0.2) is 17.1 Å². The van der Waals surface area contributed by atoms with Gasteiger partial charge in [0.25, 0.3) is 0 Å². The highest BCUT2D eigenvalue weighted by atomic mass is 32.2. The standard InChI is InChI=1S/C18H27FN2O3S/c1-2-25(22,23)21-13-7-15(8-14-21)20-11-9-16(10-12-20)24-18-6-4-3-5-17(18)19/h3-6,15-16H,2,7-14H2,1H3. The molecule has 2 aliphatic rings. The van der Waals surface area contributed by atoms with E-state index in [-0.39, 0.29) is 17.7 Å². The molecule has 7 heteroatoms. The SMILES string of the molecule is CCS(=O)(=O)N1CCC(N2CCC(Oc3ccccc3F)CC2)CC1. The van der Waals surface area contributed by atoms with Gasteiger partial charge in [-0.1, -0.05) is 12.1 Å². The van der Waals surface area contributed by atoms with Crippen molar-refractivity contribution in [2.75, 3.05) is 31.9 Å². The summed E-state index contributed by atoms with van der Waals surface area (Å²) in [5, 5.41) is 0. The molecule has 0 aromatic heterocycles. The Kier molecular flexibility index (Phi) is 5.96. The van der Waals surface area contributed by atoms with Crippen LogP contribution >= 0.6 is 0 Å². The number of likely N-dealkylation sites (tertiary alicyclic amines) is 1. The molecule has 0 saturated carbocycles. The minimum atomic E-state index is -3.06. The third-order valence-corrected chi connectivity index (χ3v) is 7.19. The Morgan fingerprint density at radius 1 is 1.08 bits per heavy atom. The second kappa shape index (κ2) is 8.01. The van der Waals surface area contributed by atoms with Gasteiger partial charge in [-0.2, -0.15) is 0 Å². The van der Waals surface area contributed by atoms with Crippen molar-refractivity contribution in [3.63, 3.8) is 0 Å². The van der Waals surface area contributed by atoms with Crippen LogP contribution in [0.2, 0.25) is 0 Å². The van der Waals surface area contributed by atoms with Crippen LogP contribution in [-0.2, 0) is 10.0 Å². The van der Waals surface area contributed by atoms with Gasteiger partial charge < -0.3 is 9.64 Å². The predicted molar refractivity (Wildman–Crippen MR) is 95.7 cm³/mol. The average molecular weight is 370 g/mol. The summed E-state index contributed by atoms with van der Waals surface area (Å²) in [6.45, 7) is 4.77. The van der Waals surface area contributed by atoms with Gasteiger partial charge in [0.1, 0.15) is 6.10 Å². The first-order valence-corrected chi connectivity index (χ1v) is 10.7. The zero-order valence-corrected chi connectivity index (χ0v) is 15.5. The van der Waals surface area contributed by atoms with E-state index in [2.05, 4.69) is 4.90 Å². The molecule has 140 valence electrons. The number of hydrogen-bond donors (Lipinski definition) is 0.